The van der Waals surface area contributed by atoms with Crippen molar-refractivity contribution < 1.29 is 35.5 Å². The molecule has 1 fully saturated rings. The van der Waals surface area contributed by atoms with Crippen molar-refractivity contribution in [3.05, 3.63) is 49.9 Å². The smallest absolute Gasteiger partial charge is 0.320 e. The number of nitrogens with zero attached hydrogens (tertiary/aromatic N) is 5. The van der Waals surface area contributed by atoms with E-state index in [0.717, 1.165) is 16.0 Å². The molecule has 0 saturated heterocycles. The highest BCUT2D eigenvalue weighted by Crippen LogP contribution is 2.54. The van der Waals surface area contributed by atoms with Gasteiger partial charge in [-0.1, -0.05) is 40.0 Å². The van der Waals surface area contributed by atoms with Gasteiger partial charge in [0.25, 0.3) is 5.91 Å². The number of nitriles is 1. The third-order valence-electron chi connectivity index (χ3n) is 6.10. The van der Waals surface area contributed by atoms with Gasteiger partial charge in [0.15, 0.2) is 0 Å². The molecule has 1 aliphatic carbocycles. The molecule has 0 spiro atoms. The standard InChI is InChI=1S/C22H13Cl3F7N5OS/c1-2-36(19(9-33)3-4-19)18(38)11-7-15(39-17(11)25)14-8-37(35-34-14)16-12(23)5-10(6-13(16)24)20(26,21(27,28)29)22(30,31)32/h5-8H,2-4H2,1H3. The molecule has 0 atom stereocenters. The maximum atomic E-state index is 14.5. The van der Waals surface area contributed by atoms with Crippen molar-refractivity contribution in [2.45, 2.75) is 43.3 Å². The molecule has 0 N–H and O–H groups in total. The Morgan fingerprint density at radius 3 is 2.13 bits per heavy atom. The van der Waals surface area contributed by atoms with E-state index in [-0.39, 0.29) is 40.0 Å². The largest absolute Gasteiger partial charge is 0.435 e. The van der Waals surface area contributed by atoms with E-state index >= 15 is 0 Å². The summed E-state index contributed by atoms with van der Waals surface area (Å²) in [7, 11) is 0. The normalized spacial score (nSPS) is 15.2. The maximum absolute atomic E-state index is 14.5. The Morgan fingerprint density at radius 1 is 1.10 bits per heavy atom. The highest BCUT2D eigenvalue weighted by Gasteiger charge is 2.73. The van der Waals surface area contributed by atoms with E-state index in [1.807, 2.05) is 0 Å². The van der Waals surface area contributed by atoms with Crippen LogP contribution in [0.3, 0.4) is 0 Å². The lowest BCUT2D eigenvalue weighted by atomic mass is 9.94. The van der Waals surface area contributed by atoms with Gasteiger partial charge < -0.3 is 4.90 Å². The summed E-state index contributed by atoms with van der Waals surface area (Å²) in [4.78, 5) is 14.8. The van der Waals surface area contributed by atoms with Gasteiger partial charge in [-0.3, -0.25) is 4.79 Å². The van der Waals surface area contributed by atoms with Crippen LogP contribution in [-0.2, 0) is 5.67 Å². The van der Waals surface area contributed by atoms with Gasteiger partial charge in [0, 0.05) is 12.1 Å². The summed E-state index contributed by atoms with van der Waals surface area (Å²) in [6.45, 7) is 1.98. The molecule has 1 amide bonds. The zero-order valence-corrected chi connectivity index (χ0v) is 22.3. The Balaban J connectivity index is 1.69. The SMILES string of the molecule is CCN(C(=O)c1cc(-c2cn(-c3c(Cl)cc(C(F)(C(F)(F)F)C(F)(F)F)cc3Cl)nn2)sc1Cl)C1(C#N)CC1. The number of carbonyl (C=O) groups excluding carboxylic acids is 1. The summed E-state index contributed by atoms with van der Waals surface area (Å²) in [5.74, 6) is -0.470. The van der Waals surface area contributed by atoms with Crippen LogP contribution in [0.15, 0.2) is 24.4 Å². The number of alkyl halides is 7. The molecule has 17 heteroatoms. The average molecular weight is 635 g/mol. The first kappa shape index (κ1) is 29.4. The lowest BCUT2D eigenvalue weighted by Gasteiger charge is -2.30. The fourth-order valence-corrected chi connectivity index (χ4v) is 5.81. The number of amides is 1. The van der Waals surface area contributed by atoms with Crippen LogP contribution < -0.4 is 0 Å². The molecule has 2 heterocycles. The second kappa shape index (κ2) is 9.79. The first-order valence-corrected chi connectivity index (χ1v) is 12.7. The summed E-state index contributed by atoms with van der Waals surface area (Å²) in [5, 5.41) is 15.6. The number of aromatic nitrogens is 3. The number of carbonyl (C=O) groups is 1. The quantitative estimate of drug-likeness (QED) is 0.260. The summed E-state index contributed by atoms with van der Waals surface area (Å²) in [5.41, 5.74) is -8.64. The molecule has 0 bridgehead atoms. The predicted octanol–water partition coefficient (Wildman–Crippen LogP) is 7.76. The first-order valence-electron chi connectivity index (χ1n) is 10.8. The lowest BCUT2D eigenvalue weighted by molar-refractivity contribution is -0.348. The Bertz CT molecular complexity index is 1450. The Morgan fingerprint density at radius 2 is 1.67 bits per heavy atom. The second-order valence-corrected chi connectivity index (χ2v) is 11.0. The number of thiophene rings is 1. The van der Waals surface area contributed by atoms with Crippen LogP contribution in [0.4, 0.5) is 30.7 Å². The minimum absolute atomic E-state index is 0.0933. The molecule has 0 aliphatic heterocycles. The van der Waals surface area contributed by atoms with Crippen LogP contribution in [-0.4, -0.2) is 50.2 Å². The predicted molar refractivity (Wildman–Crippen MR) is 129 cm³/mol. The monoisotopic (exact) mass is 633 g/mol. The zero-order chi connectivity index (χ0) is 29.1. The van der Waals surface area contributed by atoms with Crippen molar-refractivity contribution in [3.63, 3.8) is 0 Å². The van der Waals surface area contributed by atoms with Crippen molar-refractivity contribution in [1.82, 2.24) is 19.9 Å². The van der Waals surface area contributed by atoms with Gasteiger partial charge in [-0.2, -0.15) is 31.6 Å². The molecule has 208 valence electrons. The number of halogens is 10. The van der Waals surface area contributed by atoms with E-state index in [1.54, 1.807) is 6.92 Å². The van der Waals surface area contributed by atoms with Crippen LogP contribution in [0.1, 0.15) is 35.7 Å². The molecule has 3 aromatic rings. The molecule has 1 aliphatic rings. The summed E-state index contributed by atoms with van der Waals surface area (Å²) < 4.78 is 94.4. The van der Waals surface area contributed by atoms with Crippen molar-refractivity contribution in [2.75, 3.05) is 6.54 Å². The molecular formula is C22H13Cl3F7N5OS. The van der Waals surface area contributed by atoms with Crippen molar-refractivity contribution in [3.8, 4) is 22.3 Å². The highest BCUT2D eigenvalue weighted by molar-refractivity contribution is 7.19. The van der Waals surface area contributed by atoms with E-state index in [0.29, 0.717) is 17.7 Å². The maximum Gasteiger partial charge on any atom is 0.435 e. The highest BCUT2D eigenvalue weighted by atomic mass is 35.5. The molecule has 4 rings (SSSR count). The van der Waals surface area contributed by atoms with Gasteiger partial charge in [-0.25, -0.2) is 9.07 Å². The van der Waals surface area contributed by atoms with Crippen LogP contribution in [0.2, 0.25) is 14.4 Å². The Kier molecular flexibility index (Phi) is 7.38. The first-order chi connectivity index (χ1) is 18.0. The van der Waals surface area contributed by atoms with E-state index in [4.69, 9.17) is 34.8 Å². The van der Waals surface area contributed by atoms with E-state index in [9.17, 15) is 40.8 Å². The number of hydrogen-bond acceptors (Lipinski definition) is 5. The summed E-state index contributed by atoms with van der Waals surface area (Å²) in [6, 6.07) is 3.87. The molecule has 6 nitrogen and oxygen atoms in total. The molecule has 2 aromatic heterocycles. The third kappa shape index (κ3) is 4.83. The van der Waals surface area contributed by atoms with E-state index in [1.165, 1.54) is 17.2 Å². The zero-order valence-electron chi connectivity index (χ0n) is 19.3. The minimum Gasteiger partial charge on any atom is -0.320 e. The van der Waals surface area contributed by atoms with Gasteiger partial charge in [0.2, 0.25) is 0 Å². The van der Waals surface area contributed by atoms with Gasteiger partial charge in [-0.05, 0) is 38.0 Å². The van der Waals surface area contributed by atoms with Crippen molar-refractivity contribution in [2.24, 2.45) is 0 Å². The minimum atomic E-state index is -6.35. The lowest BCUT2D eigenvalue weighted by Crippen LogP contribution is -2.50. The average Bonchev–Trinajstić information content (AvgIpc) is 3.28. The Hall–Kier alpha value is -2.60. The van der Waals surface area contributed by atoms with Crippen LogP contribution in [0.25, 0.3) is 16.3 Å². The van der Waals surface area contributed by atoms with Gasteiger partial charge in [0.1, 0.15) is 21.3 Å². The van der Waals surface area contributed by atoms with Crippen LogP contribution in [0.5, 0.6) is 0 Å². The molecule has 39 heavy (non-hydrogen) atoms. The fourth-order valence-electron chi connectivity index (χ4n) is 3.94. The number of hydrogen-bond donors (Lipinski definition) is 0. The molecule has 1 aromatic carbocycles. The van der Waals surface area contributed by atoms with E-state index in [2.05, 4.69) is 16.4 Å². The fraction of sp³-hybridized carbons (Fsp3) is 0.364. The topological polar surface area (TPSA) is 74.8 Å². The van der Waals surface area contributed by atoms with Crippen molar-refractivity contribution >= 4 is 52.0 Å². The molecular weight excluding hydrogens is 622 g/mol. The Labute approximate surface area is 234 Å². The summed E-state index contributed by atoms with van der Waals surface area (Å²) >= 11 is 19.1. The molecule has 0 unspecified atom stereocenters. The summed E-state index contributed by atoms with van der Waals surface area (Å²) in [6.07, 6.45) is -10.5. The second-order valence-electron chi connectivity index (χ2n) is 8.48. The molecule has 1 saturated carbocycles. The van der Waals surface area contributed by atoms with Crippen molar-refractivity contribution in [1.29, 1.82) is 5.26 Å². The van der Waals surface area contributed by atoms with Crippen LogP contribution >= 0.6 is 46.1 Å². The van der Waals surface area contributed by atoms with Gasteiger partial charge in [-0.15, -0.1) is 16.4 Å². The van der Waals surface area contributed by atoms with E-state index < -0.39 is 45.1 Å². The third-order valence-corrected chi connectivity index (χ3v) is 8.06. The van der Waals surface area contributed by atoms with Gasteiger partial charge in [0.05, 0.1) is 32.8 Å². The number of rotatable bonds is 6. The molecule has 0 radical (unpaired) electrons. The number of benzene rings is 1. The van der Waals surface area contributed by atoms with Crippen LogP contribution in [0, 0.1) is 11.3 Å². The van der Waals surface area contributed by atoms with Gasteiger partial charge >= 0.3 is 18.0 Å².